The third-order valence-electron chi connectivity index (χ3n) is 6.89. The van der Waals surface area contributed by atoms with E-state index in [2.05, 4.69) is 11.8 Å². The minimum Gasteiger partial charge on any atom is -0.371 e. The van der Waals surface area contributed by atoms with Gasteiger partial charge in [0.1, 0.15) is 11.6 Å². The minimum atomic E-state index is -0.762. The minimum absolute atomic E-state index is 0.149. The van der Waals surface area contributed by atoms with Gasteiger partial charge in [0.25, 0.3) is 11.6 Å². The van der Waals surface area contributed by atoms with E-state index in [4.69, 9.17) is 0 Å². The molecule has 180 valence electrons. The van der Waals surface area contributed by atoms with Crippen LogP contribution in [0.4, 0.5) is 20.2 Å². The second-order valence-corrected chi connectivity index (χ2v) is 9.18. The normalized spacial score (nSPS) is 17.6. The Balaban J connectivity index is 1.51. The number of hydrogen-bond acceptors (Lipinski definition) is 5. The number of ketones is 1. The summed E-state index contributed by atoms with van der Waals surface area (Å²) in [5.74, 6) is -2.16. The van der Waals surface area contributed by atoms with Crippen LogP contribution in [-0.4, -0.2) is 47.7 Å². The monoisotopic (exact) mass is 471 g/mol. The summed E-state index contributed by atoms with van der Waals surface area (Å²) in [6, 6.07) is 7.20. The molecular formula is C25H27F2N3O4. The molecule has 0 saturated carbocycles. The van der Waals surface area contributed by atoms with Gasteiger partial charge in [0.2, 0.25) is 0 Å². The molecule has 4 rings (SSSR count). The predicted molar refractivity (Wildman–Crippen MR) is 123 cm³/mol. The van der Waals surface area contributed by atoms with Gasteiger partial charge >= 0.3 is 0 Å². The molecule has 2 aromatic rings. The Morgan fingerprint density at radius 1 is 0.941 bits per heavy atom. The summed E-state index contributed by atoms with van der Waals surface area (Å²) >= 11 is 0. The van der Waals surface area contributed by atoms with Crippen LogP contribution in [0.5, 0.6) is 0 Å². The van der Waals surface area contributed by atoms with E-state index >= 15 is 0 Å². The Morgan fingerprint density at radius 2 is 1.62 bits per heavy atom. The number of anilines is 1. The maximum atomic E-state index is 14.0. The van der Waals surface area contributed by atoms with E-state index in [0.717, 1.165) is 44.1 Å². The number of carbonyl (C=O) groups excluding carboxylic acids is 2. The van der Waals surface area contributed by atoms with Crippen molar-refractivity contribution in [1.82, 2.24) is 4.90 Å². The van der Waals surface area contributed by atoms with Gasteiger partial charge in [0.05, 0.1) is 21.7 Å². The standard InChI is InChI=1S/C25H27F2N3O4/c1-16-6-10-28(11-7-16)23-5-3-19(30(33)34)15-21(23)25(32)29-12-8-17(9-13-29)24(31)20-14-18(26)2-4-22(20)27/h2-5,14-17H,6-13H2,1H3. The lowest BCUT2D eigenvalue weighted by atomic mass is 9.88. The summed E-state index contributed by atoms with van der Waals surface area (Å²) in [6.45, 7) is 4.24. The molecule has 2 fully saturated rings. The number of piperidine rings is 2. The summed E-state index contributed by atoms with van der Waals surface area (Å²) in [5.41, 5.74) is 0.543. The Morgan fingerprint density at radius 3 is 2.26 bits per heavy atom. The van der Waals surface area contributed by atoms with E-state index in [1.54, 1.807) is 11.0 Å². The van der Waals surface area contributed by atoms with E-state index < -0.39 is 28.3 Å². The number of halogens is 2. The number of Topliss-reactive ketones (excluding diaryl/α,β-unsaturated/α-hetero) is 1. The van der Waals surface area contributed by atoms with Crippen LogP contribution in [0.3, 0.4) is 0 Å². The lowest BCUT2D eigenvalue weighted by molar-refractivity contribution is -0.384. The number of carbonyl (C=O) groups is 2. The third-order valence-corrected chi connectivity index (χ3v) is 6.89. The molecule has 2 aliphatic rings. The molecule has 2 aromatic carbocycles. The molecule has 0 radical (unpaired) electrons. The molecule has 7 nitrogen and oxygen atoms in total. The molecular weight excluding hydrogens is 444 g/mol. The highest BCUT2D eigenvalue weighted by atomic mass is 19.1. The topological polar surface area (TPSA) is 83.8 Å². The van der Waals surface area contributed by atoms with Crippen molar-refractivity contribution in [3.05, 3.63) is 69.3 Å². The van der Waals surface area contributed by atoms with Crippen molar-refractivity contribution in [3.8, 4) is 0 Å². The first-order valence-corrected chi connectivity index (χ1v) is 11.6. The first-order valence-electron chi connectivity index (χ1n) is 11.6. The zero-order chi connectivity index (χ0) is 24.4. The van der Waals surface area contributed by atoms with Gasteiger partial charge in [-0.1, -0.05) is 6.92 Å². The Hall–Kier alpha value is -3.36. The average molecular weight is 472 g/mol. The fourth-order valence-corrected chi connectivity index (χ4v) is 4.76. The molecule has 0 aromatic heterocycles. The molecule has 2 saturated heterocycles. The van der Waals surface area contributed by atoms with Crippen LogP contribution in [0.1, 0.15) is 53.3 Å². The lowest BCUT2D eigenvalue weighted by Gasteiger charge is -2.35. The van der Waals surface area contributed by atoms with Gasteiger partial charge in [-0.05, 0) is 55.9 Å². The van der Waals surface area contributed by atoms with Crippen LogP contribution >= 0.6 is 0 Å². The van der Waals surface area contributed by atoms with Crippen molar-refractivity contribution in [2.75, 3.05) is 31.1 Å². The van der Waals surface area contributed by atoms with Gasteiger partial charge in [0.15, 0.2) is 5.78 Å². The summed E-state index contributed by atoms with van der Waals surface area (Å²) < 4.78 is 27.5. The van der Waals surface area contributed by atoms with Crippen molar-refractivity contribution >= 4 is 23.1 Å². The van der Waals surface area contributed by atoms with Crippen molar-refractivity contribution < 1.29 is 23.3 Å². The van der Waals surface area contributed by atoms with Crippen LogP contribution in [0.2, 0.25) is 0 Å². The van der Waals surface area contributed by atoms with Gasteiger partial charge in [0, 0.05) is 44.2 Å². The molecule has 34 heavy (non-hydrogen) atoms. The number of benzene rings is 2. The molecule has 0 unspecified atom stereocenters. The van der Waals surface area contributed by atoms with E-state index in [1.165, 1.54) is 12.1 Å². The van der Waals surface area contributed by atoms with Gasteiger partial charge in [-0.3, -0.25) is 19.7 Å². The molecule has 0 spiro atoms. The third kappa shape index (κ3) is 4.93. The fraction of sp³-hybridized carbons (Fsp3) is 0.440. The summed E-state index contributed by atoms with van der Waals surface area (Å²) in [5, 5.41) is 11.4. The van der Waals surface area contributed by atoms with E-state index in [9.17, 15) is 28.5 Å². The highest BCUT2D eigenvalue weighted by Gasteiger charge is 2.32. The molecule has 0 aliphatic carbocycles. The van der Waals surface area contributed by atoms with Crippen molar-refractivity contribution in [2.24, 2.45) is 11.8 Å². The number of likely N-dealkylation sites (tertiary alicyclic amines) is 1. The number of nitro groups is 1. The van der Waals surface area contributed by atoms with Gasteiger partial charge in [-0.15, -0.1) is 0 Å². The summed E-state index contributed by atoms with van der Waals surface area (Å²) in [6.07, 6.45) is 2.58. The van der Waals surface area contributed by atoms with Gasteiger partial charge in [-0.2, -0.15) is 0 Å². The van der Waals surface area contributed by atoms with Crippen LogP contribution in [-0.2, 0) is 0 Å². The summed E-state index contributed by atoms with van der Waals surface area (Å²) in [7, 11) is 0. The first kappa shape index (κ1) is 23.8. The molecule has 2 aliphatic heterocycles. The van der Waals surface area contributed by atoms with Gasteiger partial charge < -0.3 is 9.80 Å². The maximum absolute atomic E-state index is 14.0. The molecule has 0 N–H and O–H groups in total. The van der Waals surface area contributed by atoms with E-state index in [0.29, 0.717) is 24.4 Å². The van der Waals surface area contributed by atoms with Crippen molar-refractivity contribution in [1.29, 1.82) is 0 Å². The second kappa shape index (κ2) is 9.87. The summed E-state index contributed by atoms with van der Waals surface area (Å²) in [4.78, 5) is 40.7. The smallest absolute Gasteiger partial charge is 0.270 e. The van der Waals surface area contributed by atoms with Crippen LogP contribution < -0.4 is 4.90 Å². The lowest BCUT2D eigenvalue weighted by Crippen LogP contribution is -2.41. The second-order valence-electron chi connectivity index (χ2n) is 9.18. The highest BCUT2D eigenvalue weighted by molar-refractivity contribution is 6.01. The van der Waals surface area contributed by atoms with Crippen molar-refractivity contribution in [2.45, 2.75) is 32.6 Å². The highest BCUT2D eigenvalue weighted by Crippen LogP contribution is 2.32. The molecule has 2 heterocycles. The fourth-order valence-electron chi connectivity index (χ4n) is 4.76. The van der Waals surface area contributed by atoms with Crippen molar-refractivity contribution in [3.63, 3.8) is 0 Å². The number of non-ortho nitro benzene ring substituents is 1. The molecule has 1 amide bonds. The van der Waals surface area contributed by atoms with Crippen LogP contribution in [0.25, 0.3) is 0 Å². The molecule has 0 atom stereocenters. The number of amides is 1. The molecule has 0 bridgehead atoms. The predicted octanol–water partition coefficient (Wildman–Crippen LogP) is 4.84. The SMILES string of the molecule is CC1CCN(c2ccc([N+](=O)[O-])cc2C(=O)N2CCC(C(=O)c3cc(F)ccc3F)CC2)CC1. The average Bonchev–Trinajstić information content (AvgIpc) is 2.85. The van der Waals surface area contributed by atoms with E-state index in [1.807, 2.05) is 0 Å². The number of hydrogen-bond donors (Lipinski definition) is 0. The Bertz CT molecular complexity index is 1110. The van der Waals surface area contributed by atoms with Crippen LogP contribution in [0, 0.1) is 33.6 Å². The number of nitrogens with zero attached hydrogens (tertiary/aromatic N) is 3. The zero-order valence-corrected chi connectivity index (χ0v) is 19.0. The first-order chi connectivity index (χ1) is 16.2. The number of nitro benzene ring substituents is 1. The number of rotatable bonds is 5. The zero-order valence-electron chi connectivity index (χ0n) is 19.0. The van der Waals surface area contributed by atoms with Crippen LogP contribution in [0.15, 0.2) is 36.4 Å². The Kier molecular flexibility index (Phi) is 6.90. The quantitative estimate of drug-likeness (QED) is 0.354. The maximum Gasteiger partial charge on any atom is 0.270 e. The Labute approximate surface area is 196 Å². The van der Waals surface area contributed by atoms with E-state index in [-0.39, 0.29) is 35.8 Å². The van der Waals surface area contributed by atoms with Gasteiger partial charge in [-0.25, -0.2) is 8.78 Å². The largest absolute Gasteiger partial charge is 0.371 e. The molecule has 9 heteroatoms.